The first-order valence-corrected chi connectivity index (χ1v) is 5.64. The molecule has 2 nitrogen and oxygen atoms in total. The molecule has 0 fully saturated rings. The highest BCUT2D eigenvalue weighted by molar-refractivity contribution is 9.10. The van der Waals surface area contributed by atoms with Crippen LogP contribution in [0.1, 0.15) is 10.4 Å². The van der Waals surface area contributed by atoms with Gasteiger partial charge in [0.05, 0.1) is 16.9 Å². The van der Waals surface area contributed by atoms with E-state index in [1.807, 2.05) is 0 Å². The molecule has 1 aromatic carbocycles. The van der Waals surface area contributed by atoms with Gasteiger partial charge in [0, 0.05) is 5.56 Å². The Morgan fingerprint density at radius 2 is 2.21 bits per heavy atom. The predicted octanol–water partition coefficient (Wildman–Crippen LogP) is 3.17. The van der Waals surface area contributed by atoms with Crippen molar-refractivity contribution in [3.8, 4) is 5.75 Å². The van der Waals surface area contributed by atoms with Crippen molar-refractivity contribution in [1.82, 2.24) is 0 Å². The normalized spacial score (nSPS) is 10.0. The lowest BCUT2D eigenvalue weighted by atomic mass is 10.1. The van der Waals surface area contributed by atoms with E-state index in [1.54, 1.807) is 0 Å². The Labute approximate surface area is 97.7 Å². The first-order chi connectivity index (χ1) is 6.61. The number of hydrogen-bond acceptors (Lipinski definition) is 2. The molecule has 0 saturated carbocycles. The summed E-state index contributed by atoms with van der Waals surface area (Å²) in [5, 5.41) is 0.164. The lowest BCUT2D eigenvalue weighted by Gasteiger charge is -2.06. The summed E-state index contributed by atoms with van der Waals surface area (Å²) in [6.45, 7) is 0. The summed E-state index contributed by atoms with van der Waals surface area (Å²) in [5.74, 6) is -0.624. The molecular weight excluding hydrogens is 319 g/mol. The number of methoxy groups -OCH3 is 1. The molecular formula is C9H7Br2FO2. The van der Waals surface area contributed by atoms with E-state index < -0.39 is 5.82 Å². The van der Waals surface area contributed by atoms with Crippen LogP contribution in [-0.2, 0) is 0 Å². The first kappa shape index (κ1) is 11.7. The topological polar surface area (TPSA) is 26.3 Å². The van der Waals surface area contributed by atoms with Gasteiger partial charge in [-0.1, -0.05) is 15.9 Å². The zero-order valence-corrected chi connectivity index (χ0v) is 10.5. The van der Waals surface area contributed by atoms with Gasteiger partial charge in [0.15, 0.2) is 17.3 Å². The first-order valence-electron chi connectivity index (χ1n) is 3.73. The summed E-state index contributed by atoms with van der Waals surface area (Å²) < 4.78 is 18.3. The zero-order valence-electron chi connectivity index (χ0n) is 7.31. The minimum Gasteiger partial charge on any atom is -0.494 e. The van der Waals surface area contributed by atoms with E-state index in [9.17, 15) is 9.18 Å². The average molecular weight is 326 g/mol. The number of ketones is 1. The molecule has 1 rings (SSSR count). The van der Waals surface area contributed by atoms with E-state index >= 15 is 0 Å². The highest BCUT2D eigenvalue weighted by Gasteiger charge is 2.15. The third kappa shape index (κ3) is 2.15. The van der Waals surface area contributed by atoms with Crippen molar-refractivity contribution in [2.24, 2.45) is 0 Å². The molecule has 5 heteroatoms. The summed E-state index contributed by atoms with van der Waals surface area (Å²) in [7, 11) is 1.37. The molecule has 76 valence electrons. The molecule has 0 aliphatic heterocycles. The van der Waals surface area contributed by atoms with Crippen LogP contribution < -0.4 is 4.74 Å². The highest BCUT2D eigenvalue weighted by Crippen LogP contribution is 2.28. The molecule has 0 unspecified atom stereocenters. The number of rotatable bonds is 3. The minimum atomic E-state index is -0.556. The van der Waals surface area contributed by atoms with Gasteiger partial charge in [0.2, 0.25) is 0 Å². The molecule has 0 bridgehead atoms. The quantitative estimate of drug-likeness (QED) is 0.630. The molecule has 0 radical (unpaired) electrons. The SMILES string of the molecule is COc1ccc(C(=O)CBr)c(Br)c1F. The van der Waals surface area contributed by atoms with Gasteiger partial charge in [-0.2, -0.15) is 0 Å². The van der Waals surface area contributed by atoms with E-state index in [0.717, 1.165) is 0 Å². The molecule has 0 aromatic heterocycles. The number of halogens is 3. The minimum absolute atomic E-state index is 0.114. The van der Waals surface area contributed by atoms with Gasteiger partial charge in [-0.3, -0.25) is 4.79 Å². The number of carbonyl (C=O) groups excluding carboxylic acids is 1. The third-order valence-electron chi connectivity index (χ3n) is 1.69. The van der Waals surface area contributed by atoms with Gasteiger partial charge in [-0.25, -0.2) is 4.39 Å². The van der Waals surface area contributed by atoms with Gasteiger partial charge in [0.1, 0.15) is 0 Å². The van der Waals surface area contributed by atoms with Crippen LogP contribution in [0.4, 0.5) is 4.39 Å². The number of Topliss-reactive ketones (excluding diaryl/α,β-unsaturated/α-hetero) is 1. The van der Waals surface area contributed by atoms with Crippen LogP contribution in [0.2, 0.25) is 0 Å². The van der Waals surface area contributed by atoms with E-state index in [2.05, 4.69) is 31.9 Å². The second-order valence-corrected chi connectivity index (χ2v) is 3.85. The second kappa shape index (κ2) is 4.89. The van der Waals surface area contributed by atoms with Crippen molar-refractivity contribution in [2.75, 3.05) is 12.4 Å². The summed E-state index contributed by atoms with van der Waals surface area (Å²) in [6, 6.07) is 2.95. The van der Waals surface area contributed by atoms with Crippen molar-refractivity contribution < 1.29 is 13.9 Å². The van der Waals surface area contributed by atoms with Crippen LogP contribution in [0.5, 0.6) is 5.75 Å². The Hall–Kier alpha value is -0.420. The van der Waals surface area contributed by atoms with Crippen molar-refractivity contribution >= 4 is 37.6 Å². The van der Waals surface area contributed by atoms with Crippen LogP contribution in [-0.4, -0.2) is 18.2 Å². The van der Waals surface area contributed by atoms with E-state index in [0.29, 0.717) is 5.56 Å². The van der Waals surface area contributed by atoms with Gasteiger partial charge < -0.3 is 4.74 Å². The van der Waals surface area contributed by atoms with Crippen LogP contribution in [0.15, 0.2) is 16.6 Å². The molecule has 1 aromatic rings. The van der Waals surface area contributed by atoms with Gasteiger partial charge in [-0.15, -0.1) is 0 Å². The second-order valence-electron chi connectivity index (χ2n) is 2.50. The van der Waals surface area contributed by atoms with Gasteiger partial charge in [0.25, 0.3) is 0 Å². The van der Waals surface area contributed by atoms with Gasteiger partial charge in [-0.05, 0) is 28.1 Å². The number of alkyl halides is 1. The Morgan fingerprint density at radius 1 is 1.57 bits per heavy atom. The molecule has 0 N–H and O–H groups in total. The summed E-state index contributed by atoms with van der Waals surface area (Å²) in [4.78, 5) is 11.3. The van der Waals surface area contributed by atoms with Crippen molar-refractivity contribution in [3.05, 3.63) is 28.0 Å². The fraction of sp³-hybridized carbons (Fsp3) is 0.222. The van der Waals surface area contributed by atoms with Gasteiger partial charge >= 0.3 is 0 Å². The third-order valence-corrected chi connectivity index (χ3v) is 2.97. The molecule has 0 saturated heterocycles. The molecule has 0 heterocycles. The summed E-state index contributed by atoms with van der Waals surface area (Å²) in [5.41, 5.74) is 0.306. The Bertz CT molecular complexity index is 366. The van der Waals surface area contributed by atoms with Crippen molar-refractivity contribution in [3.63, 3.8) is 0 Å². The molecule has 0 aliphatic carbocycles. The Morgan fingerprint density at radius 3 is 2.71 bits per heavy atom. The van der Waals surface area contributed by atoms with Crippen LogP contribution in [0, 0.1) is 5.82 Å². The van der Waals surface area contributed by atoms with Crippen LogP contribution >= 0.6 is 31.9 Å². The fourth-order valence-corrected chi connectivity index (χ4v) is 1.83. The van der Waals surface area contributed by atoms with Crippen LogP contribution in [0.25, 0.3) is 0 Å². The largest absolute Gasteiger partial charge is 0.494 e. The molecule has 0 aliphatic rings. The number of hydrogen-bond donors (Lipinski definition) is 0. The van der Waals surface area contributed by atoms with E-state index in [1.165, 1.54) is 19.2 Å². The maximum atomic E-state index is 13.4. The molecule has 14 heavy (non-hydrogen) atoms. The monoisotopic (exact) mass is 324 g/mol. The number of ether oxygens (including phenoxy) is 1. The maximum absolute atomic E-state index is 13.4. The molecule has 0 amide bonds. The molecule has 0 spiro atoms. The van der Waals surface area contributed by atoms with Crippen LogP contribution in [0.3, 0.4) is 0 Å². The lowest BCUT2D eigenvalue weighted by molar-refractivity contribution is 0.102. The highest BCUT2D eigenvalue weighted by atomic mass is 79.9. The van der Waals surface area contributed by atoms with E-state index in [-0.39, 0.29) is 21.3 Å². The Balaban J connectivity index is 3.24. The maximum Gasteiger partial charge on any atom is 0.179 e. The van der Waals surface area contributed by atoms with Crippen molar-refractivity contribution in [1.29, 1.82) is 0 Å². The standard InChI is InChI=1S/C9H7Br2FO2/c1-14-7-3-2-5(6(13)4-10)8(11)9(7)12/h2-3H,4H2,1H3. The zero-order chi connectivity index (χ0) is 10.7. The average Bonchev–Trinajstić information content (AvgIpc) is 2.21. The van der Waals surface area contributed by atoms with E-state index in [4.69, 9.17) is 4.74 Å². The summed E-state index contributed by atoms with van der Waals surface area (Å²) >= 11 is 6.04. The molecule has 0 atom stereocenters. The summed E-state index contributed by atoms with van der Waals surface area (Å²) in [6.07, 6.45) is 0. The fourth-order valence-electron chi connectivity index (χ4n) is 0.977. The lowest BCUT2D eigenvalue weighted by Crippen LogP contribution is -2.03. The number of benzene rings is 1. The number of carbonyl (C=O) groups is 1. The predicted molar refractivity (Wildman–Crippen MR) is 58.8 cm³/mol. The Kier molecular flexibility index (Phi) is 4.07. The smallest absolute Gasteiger partial charge is 0.179 e. The van der Waals surface area contributed by atoms with Crippen molar-refractivity contribution in [2.45, 2.75) is 0 Å².